The molecule has 0 aliphatic heterocycles. The van der Waals surface area contributed by atoms with Gasteiger partial charge in [-0.25, -0.2) is 0 Å². The van der Waals surface area contributed by atoms with E-state index in [0.717, 1.165) is 40.1 Å². The molecular weight excluding hydrogens is 383 g/mol. The standard InChI is InChI=1S/C23H35N2O3P/c1-7-27-29(26,8-2)28-15-21-18(6)25-22(13-16(3)4)20(14-24)23(21)19-11-9-17(5)10-12-19/h9-12,16H,7-8,13-15,24H2,1-6H3. The topological polar surface area (TPSA) is 74.4 Å². The van der Waals surface area contributed by atoms with Gasteiger partial charge in [0.25, 0.3) is 0 Å². The van der Waals surface area contributed by atoms with Crippen LogP contribution in [0.4, 0.5) is 0 Å². The van der Waals surface area contributed by atoms with E-state index >= 15 is 0 Å². The molecule has 5 nitrogen and oxygen atoms in total. The molecule has 6 heteroatoms. The van der Waals surface area contributed by atoms with Crippen LogP contribution in [0.1, 0.15) is 55.8 Å². The Bertz CT molecular complexity index is 863. The summed E-state index contributed by atoms with van der Waals surface area (Å²) in [5, 5.41) is 0. The van der Waals surface area contributed by atoms with Crippen LogP contribution < -0.4 is 5.73 Å². The molecule has 1 unspecified atom stereocenters. The third kappa shape index (κ3) is 5.99. The van der Waals surface area contributed by atoms with Crippen molar-refractivity contribution >= 4 is 7.60 Å². The van der Waals surface area contributed by atoms with Gasteiger partial charge in [-0.1, -0.05) is 50.6 Å². The van der Waals surface area contributed by atoms with E-state index in [1.807, 2.05) is 20.8 Å². The summed E-state index contributed by atoms with van der Waals surface area (Å²) < 4.78 is 24.1. The third-order valence-electron chi connectivity index (χ3n) is 4.96. The quantitative estimate of drug-likeness (QED) is 0.494. The molecule has 2 N–H and O–H groups in total. The lowest BCUT2D eigenvalue weighted by molar-refractivity contribution is 0.205. The molecule has 1 aromatic carbocycles. The van der Waals surface area contributed by atoms with Gasteiger partial charge in [0.05, 0.1) is 13.2 Å². The molecule has 0 fully saturated rings. The maximum Gasteiger partial charge on any atom is 0.330 e. The first-order chi connectivity index (χ1) is 13.7. The van der Waals surface area contributed by atoms with Gasteiger partial charge >= 0.3 is 7.60 Å². The predicted octanol–water partition coefficient (Wildman–Crippen LogP) is 5.79. The number of rotatable bonds is 10. The van der Waals surface area contributed by atoms with E-state index < -0.39 is 7.60 Å². The minimum atomic E-state index is -3.12. The normalized spacial score (nSPS) is 13.7. The molecule has 2 rings (SSSR count). The Morgan fingerprint density at radius 3 is 2.24 bits per heavy atom. The fourth-order valence-electron chi connectivity index (χ4n) is 3.44. The van der Waals surface area contributed by atoms with Crippen molar-refractivity contribution < 1.29 is 13.6 Å². The minimum Gasteiger partial charge on any atom is -0.326 e. The summed E-state index contributed by atoms with van der Waals surface area (Å²) in [7, 11) is -3.12. The monoisotopic (exact) mass is 418 g/mol. The first kappa shape index (κ1) is 23.8. The number of aromatic nitrogens is 1. The Labute approximate surface area is 175 Å². The lowest BCUT2D eigenvalue weighted by Crippen LogP contribution is -2.14. The average molecular weight is 419 g/mol. The third-order valence-corrected chi connectivity index (χ3v) is 6.90. The van der Waals surface area contributed by atoms with Crippen LogP contribution in [0.2, 0.25) is 0 Å². The van der Waals surface area contributed by atoms with Crippen LogP contribution in [-0.2, 0) is 33.2 Å². The predicted molar refractivity (Wildman–Crippen MR) is 120 cm³/mol. The van der Waals surface area contributed by atoms with E-state index in [1.54, 1.807) is 0 Å². The largest absolute Gasteiger partial charge is 0.330 e. The molecule has 1 atom stereocenters. The number of benzene rings is 1. The minimum absolute atomic E-state index is 0.183. The Kier molecular flexibility index (Phi) is 8.59. The van der Waals surface area contributed by atoms with Crippen LogP contribution in [0.25, 0.3) is 11.1 Å². The van der Waals surface area contributed by atoms with Gasteiger partial charge in [-0.05, 0) is 49.8 Å². The number of pyridine rings is 1. The molecular formula is C23H35N2O3P. The molecule has 0 saturated heterocycles. The fourth-order valence-corrected chi connectivity index (χ4v) is 4.60. The van der Waals surface area contributed by atoms with Crippen molar-refractivity contribution in [2.75, 3.05) is 12.8 Å². The molecule has 0 spiro atoms. The van der Waals surface area contributed by atoms with Gasteiger partial charge in [0, 0.05) is 29.7 Å². The summed E-state index contributed by atoms with van der Waals surface area (Å²) >= 11 is 0. The molecule has 0 aliphatic rings. The zero-order valence-corrected chi connectivity index (χ0v) is 19.5. The van der Waals surface area contributed by atoms with Gasteiger partial charge < -0.3 is 14.8 Å². The van der Waals surface area contributed by atoms with E-state index in [-0.39, 0.29) is 6.61 Å². The highest BCUT2D eigenvalue weighted by Gasteiger charge is 2.25. The first-order valence-electron chi connectivity index (χ1n) is 10.4. The summed E-state index contributed by atoms with van der Waals surface area (Å²) in [5.74, 6) is 0.471. The van der Waals surface area contributed by atoms with Crippen molar-refractivity contribution in [1.82, 2.24) is 4.98 Å². The Balaban J connectivity index is 2.62. The second-order valence-corrected chi connectivity index (χ2v) is 10.1. The van der Waals surface area contributed by atoms with E-state index in [0.29, 0.717) is 25.2 Å². The fraction of sp³-hybridized carbons (Fsp3) is 0.522. The van der Waals surface area contributed by atoms with Crippen molar-refractivity contribution in [3.05, 3.63) is 52.3 Å². The number of aryl methyl sites for hydroxylation is 2. The lowest BCUT2D eigenvalue weighted by atomic mass is 9.90. The number of hydrogen-bond donors (Lipinski definition) is 1. The van der Waals surface area contributed by atoms with Crippen LogP contribution in [0.3, 0.4) is 0 Å². The highest BCUT2D eigenvalue weighted by Crippen LogP contribution is 2.49. The van der Waals surface area contributed by atoms with Crippen molar-refractivity contribution in [2.45, 2.75) is 61.1 Å². The summed E-state index contributed by atoms with van der Waals surface area (Å²) in [6, 6.07) is 8.40. The molecule has 0 aliphatic carbocycles. The van der Waals surface area contributed by atoms with E-state index in [2.05, 4.69) is 45.0 Å². The van der Waals surface area contributed by atoms with Gasteiger partial charge in [-0.15, -0.1) is 0 Å². The van der Waals surface area contributed by atoms with Crippen LogP contribution >= 0.6 is 7.60 Å². The lowest BCUT2D eigenvalue weighted by Gasteiger charge is -2.23. The van der Waals surface area contributed by atoms with Gasteiger partial charge in [0.1, 0.15) is 0 Å². The zero-order valence-electron chi connectivity index (χ0n) is 18.6. The molecule has 29 heavy (non-hydrogen) atoms. The molecule has 1 aromatic heterocycles. The van der Waals surface area contributed by atoms with Gasteiger partial charge in [-0.2, -0.15) is 0 Å². The van der Waals surface area contributed by atoms with Crippen LogP contribution in [0.5, 0.6) is 0 Å². The number of hydrogen-bond acceptors (Lipinski definition) is 5. The molecule has 0 saturated carbocycles. The number of nitrogens with zero attached hydrogens (tertiary/aromatic N) is 1. The second kappa shape index (κ2) is 10.5. The Morgan fingerprint density at radius 1 is 1.07 bits per heavy atom. The van der Waals surface area contributed by atoms with Crippen LogP contribution in [0.15, 0.2) is 24.3 Å². The SMILES string of the molecule is CCOP(=O)(CC)OCc1c(C)nc(CC(C)C)c(CN)c1-c1ccc(C)cc1. The smallest absolute Gasteiger partial charge is 0.326 e. The van der Waals surface area contributed by atoms with E-state index in [9.17, 15) is 4.57 Å². The van der Waals surface area contributed by atoms with Gasteiger partial charge in [0.2, 0.25) is 0 Å². The van der Waals surface area contributed by atoms with Crippen LogP contribution in [-0.4, -0.2) is 17.8 Å². The van der Waals surface area contributed by atoms with Crippen molar-refractivity contribution in [3.63, 3.8) is 0 Å². The summed E-state index contributed by atoms with van der Waals surface area (Å²) in [4.78, 5) is 4.87. The summed E-state index contributed by atoms with van der Waals surface area (Å²) in [5.41, 5.74) is 13.4. The molecule has 0 bridgehead atoms. The molecule has 0 radical (unpaired) electrons. The molecule has 0 amide bonds. The molecule has 1 heterocycles. The van der Waals surface area contributed by atoms with Crippen molar-refractivity contribution in [2.24, 2.45) is 11.7 Å². The molecule has 160 valence electrons. The van der Waals surface area contributed by atoms with Crippen LogP contribution in [0, 0.1) is 19.8 Å². The average Bonchev–Trinajstić information content (AvgIpc) is 2.67. The van der Waals surface area contributed by atoms with Gasteiger partial charge in [0.15, 0.2) is 0 Å². The molecule has 2 aromatic rings. The maximum absolute atomic E-state index is 12.8. The Hall–Kier alpha value is -1.52. The van der Waals surface area contributed by atoms with E-state index in [4.69, 9.17) is 19.8 Å². The van der Waals surface area contributed by atoms with Crippen molar-refractivity contribution in [1.29, 1.82) is 0 Å². The zero-order chi connectivity index (χ0) is 21.6. The Morgan fingerprint density at radius 2 is 1.72 bits per heavy atom. The summed E-state index contributed by atoms with van der Waals surface area (Å²) in [6.45, 7) is 13.0. The van der Waals surface area contributed by atoms with Crippen molar-refractivity contribution in [3.8, 4) is 11.1 Å². The highest BCUT2D eigenvalue weighted by molar-refractivity contribution is 7.53. The maximum atomic E-state index is 12.8. The van der Waals surface area contributed by atoms with E-state index in [1.165, 1.54) is 5.56 Å². The van der Waals surface area contributed by atoms with Gasteiger partial charge in [-0.3, -0.25) is 9.55 Å². The second-order valence-electron chi connectivity index (χ2n) is 7.76. The highest BCUT2D eigenvalue weighted by atomic mass is 31.2. The summed E-state index contributed by atoms with van der Waals surface area (Å²) in [6.07, 6.45) is 1.20. The first-order valence-corrected chi connectivity index (χ1v) is 12.1. The number of nitrogens with two attached hydrogens (primary N) is 1.